The molecular weight excluding hydrogens is 916 g/mol. The second kappa shape index (κ2) is 28.2. The van der Waals surface area contributed by atoms with Gasteiger partial charge in [-0.05, 0) is 0 Å². The van der Waals surface area contributed by atoms with Gasteiger partial charge in [0, 0.05) is 31.1 Å². The van der Waals surface area contributed by atoms with Crippen molar-refractivity contribution in [2.24, 2.45) is 0 Å². The summed E-state index contributed by atoms with van der Waals surface area (Å²) in [5.41, 5.74) is -10.2. The van der Waals surface area contributed by atoms with E-state index in [0.717, 1.165) is 0 Å². The number of hydrogen-bond acceptors (Lipinski definition) is 16. The van der Waals surface area contributed by atoms with Crippen molar-refractivity contribution in [3.8, 4) is 0 Å². The molecule has 240 valence electrons. The molecule has 26 nitrogen and oxygen atoms in total. The number of carbonyl (C=O) groups is 8. The molecule has 0 atom stereocenters. The monoisotopic (exact) mass is 928 g/mol. The molecule has 0 aliphatic rings. The maximum atomic E-state index is 10.6. The average Bonchev–Trinajstić information content (AvgIpc) is 2.76. The Morgan fingerprint density at radius 2 is 0.489 bits per heavy atom. The topological polar surface area (TPSA) is 544 Å². The molecule has 0 unspecified atom stereocenters. The van der Waals surface area contributed by atoms with Crippen molar-refractivity contribution in [1.29, 1.82) is 0 Å². The van der Waals surface area contributed by atoms with Crippen LogP contribution in [0.15, 0.2) is 0 Å². The molecule has 29 heteroatoms. The zero-order chi connectivity index (χ0) is 28.1. The van der Waals surface area contributed by atoms with Gasteiger partial charge in [-0.3, -0.25) is 0 Å². The molecule has 0 saturated carbocycles. The number of carboxylic acid groups (broad SMARTS) is 8. The number of rotatable bonds is 8. The molecule has 2 rings (SSSR count). The third-order valence-corrected chi connectivity index (χ3v) is 3.38. The Morgan fingerprint density at radius 3 is 0.578 bits per heavy atom. The van der Waals surface area contributed by atoms with E-state index in [1.165, 1.54) is 0 Å². The van der Waals surface area contributed by atoms with Gasteiger partial charge in [0.2, 0.25) is 0 Å². The van der Waals surface area contributed by atoms with Crippen LogP contribution in [0.1, 0.15) is 83.9 Å². The van der Waals surface area contributed by atoms with Crippen molar-refractivity contribution >= 4 is 47.8 Å². The second-order valence-electron chi connectivity index (χ2n) is 5.61. The first kappa shape index (κ1) is 65.6. The summed E-state index contributed by atoms with van der Waals surface area (Å²) in [6.07, 6.45) is 0. The Bertz CT molecular complexity index is 1090. The van der Waals surface area contributed by atoms with E-state index in [9.17, 15) is 58.8 Å². The fourth-order valence-corrected chi connectivity index (χ4v) is 2.04. The van der Waals surface area contributed by atoms with E-state index in [4.69, 9.17) is 20.4 Å². The minimum Gasteiger partial charge on any atom is -2.00 e. The van der Waals surface area contributed by atoms with Crippen molar-refractivity contribution in [3.63, 3.8) is 0 Å². The van der Waals surface area contributed by atoms with E-state index in [1.54, 1.807) is 0 Å². The van der Waals surface area contributed by atoms with E-state index in [0.29, 0.717) is 0 Å². The average molecular weight is 929 g/mol. The zero-order valence-corrected chi connectivity index (χ0v) is 32.2. The number of aromatic carboxylic acids is 8. The third-order valence-electron chi connectivity index (χ3n) is 3.38. The summed E-state index contributed by atoms with van der Waals surface area (Å²) in [7, 11) is 0. The summed E-state index contributed by atoms with van der Waals surface area (Å²) in [5, 5.41) is 76.6. The molecule has 0 spiro atoms. The van der Waals surface area contributed by atoms with Crippen LogP contribution >= 0.6 is 0 Å². The number of carboxylic acids is 8. The fraction of sp³-hybridized carbons (Fsp3) is 0. The predicted octanol–water partition coefficient (Wildman–Crippen LogP) is -16.3. The summed E-state index contributed by atoms with van der Waals surface area (Å²) in [6, 6.07) is 0. The van der Waals surface area contributed by atoms with Crippen LogP contribution in [0, 0.1) is 31.1 Å². The summed E-state index contributed by atoms with van der Waals surface area (Å²) in [6.45, 7) is 0. The molecule has 2 aromatic heterocycles. The van der Waals surface area contributed by atoms with Gasteiger partial charge in [0.15, 0.2) is 22.8 Å². The van der Waals surface area contributed by atoms with Crippen LogP contribution in [-0.4, -0.2) is 110 Å². The minimum atomic E-state index is -2.11. The Labute approximate surface area is 354 Å². The van der Waals surface area contributed by atoms with Crippen molar-refractivity contribution in [2.75, 3.05) is 0 Å². The molecule has 0 aliphatic heterocycles. The van der Waals surface area contributed by atoms with E-state index in [-0.39, 0.29) is 167 Å². The van der Waals surface area contributed by atoms with Crippen molar-refractivity contribution in [3.05, 3.63) is 45.6 Å². The maximum absolute atomic E-state index is 10.6. The molecule has 2 heterocycles. The molecule has 0 amide bonds. The Balaban J connectivity index is -0.0000000686. The van der Waals surface area contributed by atoms with Crippen LogP contribution in [0.25, 0.3) is 0 Å². The first-order valence-corrected chi connectivity index (χ1v) is 8.13. The van der Waals surface area contributed by atoms with E-state index in [1.807, 2.05) is 0 Å². The van der Waals surface area contributed by atoms with Gasteiger partial charge < -0.3 is 92.9 Å². The predicted molar refractivity (Wildman–Crippen MR) is 105 cm³/mol. The molecule has 0 aliphatic carbocycles. The Kier molecular flexibility index (Phi) is 41.2. The first-order chi connectivity index (χ1) is 16.5. The van der Waals surface area contributed by atoms with Crippen LogP contribution in [0.4, 0.5) is 0 Å². The van der Waals surface area contributed by atoms with Crippen LogP contribution in [-0.2, 0) is 11.0 Å². The number of aromatic nitrogens is 4. The standard InChI is InChI=1S/2C8H4N2O8.2K.4H2O.2O.U/c2*11-5(12)1-2(6(13)14)10-4(8(17)18)3(9-1)7(15)16;;;;;;;;;/h2*(H,11,12)(H,13,14)(H,15,16)(H,17,18);;;4*1H2;;;/q;;2*+1;;;;;2*-2;/p-4. The Hall–Kier alpha value is -2.00. The zero-order valence-electron chi connectivity index (χ0n) is 21.8. The van der Waals surface area contributed by atoms with Crippen LogP contribution in [0.3, 0.4) is 0 Å². The molecule has 2 aromatic rings. The molecule has 0 radical (unpaired) electrons. The number of hydrogen-bond donors (Lipinski definition) is 4. The van der Waals surface area contributed by atoms with Gasteiger partial charge in [0.25, 0.3) is 0 Å². The van der Waals surface area contributed by atoms with Crippen LogP contribution in [0.5, 0.6) is 0 Å². The van der Waals surface area contributed by atoms with Gasteiger partial charge in [-0.1, -0.05) is 0 Å². The minimum absolute atomic E-state index is 0. The number of nitrogens with zero attached hydrogens (tertiary/aromatic N) is 4. The van der Waals surface area contributed by atoms with Gasteiger partial charge in [0.05, 0.1) is 23.9 Å². The van der Waals surface area contributed by atoms with E-state index in [2.05, 4.69) is 19.9 Å². The SMILES string of the molecule is O.O.O.O.O=C([O-])c1nc(C(=O)[O-])c(C(=O)O)nc1C(=O)O.O=C([O-])c1nc(C(=O)[O-])c(C(=O)O)nc1C(=O)O.[K+].[K+].[O-2].[O-2].[U]. The summed E-state index contributed by atoms with van der Waals surface area (Å²) in [5.74, 6) is -16.0. The van der Waals surface area contributed by atoms with Crippen LogP contribution < -0.4 is 123 Å². The molecule has 0 bridgehead atoms. The van der Waals surface area contributed by atoms with Crippen LogP contribution in [0.2, 0.25) is 0 Å². The fourth-order valence-electron chi connectivity index (χ4n) is 2.04. The molecular formula is C16H12K2N4O22U-6. The second-order valence-corrected chi connectivity index (χ2v) is 5.61. The largest absolute Gasteiger partial charge is 2.00 e. The van der Waals surface area contributed by atoms with Gasteiger partial charge in [0.1, 0.15) is 22.8 Å². The maximum Gasteiger partial charge on any atom is 1.00 e. The number of carbonyl (C=O) groups excluding carboxylic acids is 4. The Morgan fingerprint density at radius 1 is 0.378 bits per heavy atom. The van der Waals surface area contributed by atoms with Gasteiger partial charge in [-0.25, -0.2) is 39.1 Å². The molecule has 45 heavy (non-hydrogen) atoms. The summed E-state index contributed by atoms with van der Waals surface area (Å²) >= 11 is 0. The quantitative estimate of drug-likeness (QED) is 0.179. The third kappa shape index (κ3) is 17.5. The van der Waals surface area contributed by atoms with Crippen molar-refractivity contribution < 1.29 is 246 Å². The molecule has 12 N–H and O–H groups in total. The summed E-state index contributed by atoms with van der Waals surface area (Å²) < 4.78 is 0. The van der Waals surface area contributed by atoms with E-state index < -0.39 is 93.3 Å². The van der Waals surface area contributed by atoms with Gasteiger partial charge in [-0.15, -0.1) is 0 Å². The molecule has 0 aromatic carbocycles. The van der Waals surface area contributed by atoms with Gasteiger partial charge in [-0.2, -0.15) is 0 Å². The summed E-state index contributed by atoms with van der Waals surface area (Å²) in [4.78, 5) is 96.3. The smallest absolute Gasteiger partial charge is 1.00 e. The molecule has 0 saturated heterocycles. The normalized spacial score (nSPS) is 7.82. The van der Waals surface area contributed by atoms with Gasteiger partial charge >= 0.3 is 127 Å². The van der Waals surface area contributed by atoms with Crippen molar-refractivity contribution in [1.82, 2.24) is 19.9 Å². The molecule has 0 fully saturated rings. The van der Waals surface area contributed by atoms with E-state index >= 15 is 0 Å². The van der Waals surface area contributed by atoms with Crippen molar-refractivity contribution in [2.45, 2.75) is 0 Å². The first-order valence-electron chi connectivity index (χ1n) is 8.13.